The fourth-order valence-corrected chi connectivity index (χ4v) is 2.50. The first-order chi connectivity index (χ1) is 9.13. The van der Waals surface area contributed by atoms with Gasteiger partial charge in [-0.2, -0.15) is 4.37 Å². The zero-order valence-corrected chi connectivity index (χ0v) is 11.8. The number of carbonyl (C=O) groups is 2. The normalized spacial score (nSPS) is 10.8. The summed E-state index contributed by atoms with van der Waals surface area (Å²) in [7, 11) is 0. The minimum absolute atomic E-state index is 0.00623. The van der Waals surface area contributed by atoms with Crippen LogP contribution in [-0.4, -0.2) is 21.0 Å². The first-order valence-corrected chi connectivity index (χ1v) is 7.13. The van der Waals surface area contributed by atoms with Crippen LogP contribution >= 0.6 is 22.9 Å². The maximum Gasteiger partial charge on any atom is 0.250 e. The van der Waals surface area contributed by atoms with Crippen molar-refractivity contribution in [1.82, 2.24) is 9.36 Å². The number of rotatable bonds is 5. The van der Waals surface area contributed by atoms with Crippen molar-refractivity contribution in [3.63, 3.8) is 0 Å². The Kier molecular flexibility index (Phi) is 4.53. The predicted molar refractivity (Wildman–Crippen MR) is 76.3 cm³/mol. The Bertz CT molecular complexity index is 602. The van der Waals surface area contributed by atoms with Crippen LogP contribution in [-0.2, 0) is 16.0 Å². The molecule has 0 saturated heterocycles. The van der Waals surface area contributed by atoms with Gasteiger partial charge in [0.2, 0.25) is 11.0 Å². The van der Waals surface area contributed by atoms with E-state index in [4.69, 9.17) is 0 Å². The van der Waals surface area contributed by atoms with Crippen LogP contribution < -0.4 is 5.32 Å². The topological polar surface area (TPSA) is 72.0 Å². The van der Waals surface area contributed by atoms with Crippen molar-refractivity contribution in [2.75, 3.05) is 5.32 Å². The van der Waals surface area contributed by atoms with Gasteiger partial charge in [0.25, 0.3) is 0 Å². The van der Waals surface area contributed by atoms with Crippen molar-refractivity contribution in [3.8, 4) is 0 Å². The van der Waals surface area contributed by atoms with Crippen LogP contribution in [0.25, 0.3) is 6.08 Å². The van der Waals surface area contributed by atoms with E-state index in [0.29, 0.717) is 11.0 Å². The molecular weight excluding hydrogens is 282 g/mol. The molecule has 0 aliphatic heterocycles. The molecule has 0 unspecified atom stereocenters. The molecule has 0 saturated carbocycles. The second kappa shape index (κ2) is 6.35. The van der Waals surface area contributed by atoms with Gasteiger partial charge < -0.3 is 0 Å². The summed E-state index contributed by atoms with van der Waals surface area (Å²) in [6.07, 6.45) is 3.37. The van der Waals surface area contributed by atoms with Gasteiger partial charge in [-0.05, 0) is 24.4 Å². The summed E-state index contributed by atoms with van der Waals surface area (Å²) in [5.74, 6) is 0.169. The fourth-order valence-electron chi connectivity index (χ4n) is 1.29. The monoisotopic (exact) mass is 293 g/mol. The van der Waals surface area contributed by atoms with Gasteiger partial charge in [-0.3, -0.25) is 14.9 Å². The van der Waals surface area contributed by atoms with Crippen molar-refractivity contribution < 1.29 is 9.59 Å². The zero-order chi connectivity index (χ0) is 13.7. The Morgan fingerprint density at radius 2 is 2.32 bits per heavy atom. The van der Waals surface area contributed by atoms with E-state index in [9.17, 15) is 9.59 Å². The minimum atomic E-state index is -0.265. The highest BCUT2D eigenvalue weighted by atomic mass is 32.1. The lowest BCUT2D eigenvalue weighted by molar-refractivity contribution is -0.116. The molecule has 0 spiro atoms. The molecule has 0 aliphatic carbocycles. The molecule has 0 aliphatic rings. The van der Waals surface area contributed by atoms with Gasteiger partial charge in [-0.1, -0.05) is 6.07 Å². The van der Waals surface area contributed by atoms with Crippen LogP contribution in [0.15, 0.2) is 23.6 Å². The molecule has 98 valence electrons. The van der Waals surface area contributed by atoms with Gasteiger partial charge in [0, 0.05) is 22.5 Å². The van der Waals surface area contributed by atoms with E-state index in [-0.39, 0.29) is 18.1 Å². The van der Waals surface area contributed by atoms with Crippen molar-refractivity contribution in [1.29, 1.82) is 0 Å². The van der Waals surface area contributed by atoms with Gasteiger partial charge in [0.15, 0.2) is 5.82 Å². The van der Waals surface area contributed by atoms with Crippen molar-refractivity contribution in [3.05, 3.63) is 34.3 Å². The highest BCUT2D eigenvalue weighted by Gasteiger charge is 2.07. The Labute approximate surface area is 118 Å². The Balaban J connectivity index is 1.91. The largest absolute Gasteiger partial charge is 0.300 e. The average molecular weight is 293 g/mol. The number of thiophene rings is 1. The standard InChI is InChI=1S/C12H11N3O2S2/c1-8(16)7-10-13-12(19-15-10)14-11(17)5-4-9-3-2-6-18-9/h2-6H,7H2,1H3,(H,13,14,15,17). The summed E-state index contributed by atoms with van der Waals surface area (Å²) in [6.45, 7) is 1.48. The van der Waals surface area contributed by atoms with E-state index < -0.39 is 0 Å². The third kappa shape index (κ3) is 4.38. The molecule has 2 aromatic rings. The number of carbonyl (C=O) groups excluding carboxylic acids is 2. The molecule has 0 aromatic carbocycles. The number of ketones is 1. The van der Waals surface area contributed by atoms with Crippen molar-refractivity contribution in [2.24, 2.45) is 0 Å². The number of hydrogen-bond donors (Lipinski definition) is 1. The third-order valence-corrected chi connectivity index (χ3v) is 3.55. The third-order valence-electron chi connectivity index (χ3n) is 2.05. The number of nitrogens with one attached hydrogen (secondary N) is 1. The number of Topliss-reactive ketones (excluding diaryl/α,β-unsaturated/α-hetero) is 1. The lowest BCUT2D eigenvalue weighted by atomic mass is 10.3. The lowest BCUT2D eigenvalue weighted by Crippen LogP contribution is -2.07. The summed E-state index contributed by atoms with van der Waals surface area (Å²) in [6, 6.07) is 3.84. The van der Waals surface area contributed by atoms with Crippen LogP contribution in [0.1, 0.15) is 17.6 Å². The summed E-state index contributed by atoms with van der Waals surface area (Å²) in [5, 5.41) is 4.95. The molecule has 19 heavy (non-hydrogen) atoms. The molecular formula is C12H11N3O2S2. The van der Waals surface area contributed by atoms with Crippen molar-refractivity contribution >= 4 is 45.8 Å². The molecule has 5 nitrogen and oxygen atoms in total. The molecule has 1 N–H and O–H groups in total. The van der Waals surface area contributed by atoms with Gasteiger partial charge in [-0.15, -0.1) is 11.3 Å². The molecule has 0 bridgehead atoms. The number of nitrogens with zero attached hydrogens (tertiary/aromatic N) is 2. The molecule has 0 radical (unpaired) electrons. The second-order valence-corrected chi connectivity index (χ2v) is 5.46. The quantitative estimate of drug-likeness (QED) is 0.859. The molecule has 2 aromatic heterocycles. The van der Waals surface area contributed by atoms with E-state index in [1.54, 1.807) is 17.4 Å². The minimum Gasteiger partial charge on any atom is -0.300 e. The molecule has 0 atom stereocenters. The summed E-state index contributed by atoms with van der Waals surface area (Å²) < 4.78 is 3.99. The molecule has 0 fully saturated rings. The summed E-state index contributed by atoms with van der Waals surface area (Å²) in [5.41, 5.74) is 0. The predicted octanol–water partition coefficient (Wildman–Crippen LogP) is 2.38. The van der Waals surface area contributed by atoms with Gasteiger partial charge in [-0.25, -0.2) is 4.98 Å². The Morgan fingerprint density at radius 1 is 1.47 bits per heavy atom. The molecule has 1 amide bonds. The van der Waals surface area contributed by atoms with E-state index in [2.05, 4.69) is 14.7 Å². The van der Waals surface area contributed by atoms with E-state index in [1.165, 1.54) is 13.0 Å². The number of anilines is 1. The lowest BCUT2D eigenvalue weighted by Gasteiger charge is -1.93. The van der Waals surface area contributed by atoms with Crippen LogP contribution in [0.4, 0.5) is 5.13 Å². The highest BCUT2D eigenvalue weighted by Crippen LogP contribution is 2.13. The van der Waals surface area contributed by atoms with Gasteiger partial charge >= 0.3 is 0 Å². The van der Waals surface area contributed by atoms with Crippen LogP contribution in [0.2, 0.25) is 0 Å². The second-order valence-electron chi connectivity index (χ2n) is 3.73. The number of aromatic nitrogens is 2. The maximum absolute atomic E-state index is 11.6. The number of hydrogen-bond acceptors (Lipinski definition) is 6. The van der Waals surface area contributed by atoms with Crippen LogP contribution in [0, 0.1) is 0 Å². The van der Waals surface area contributed by atoms with Crippen LogP contribution in [0.3, 0.4) is 0 Å². The zero-order valence-electron chi connectivity index (χ0n) is 10.1. The van der Waals surface area contributed by atoms with Gasteiger partial charge in [0.05, 0.1) is 6.42 Å². The fraction of sp³-hybridized carbons (Fsp3) is 0.167. The average Bonchev–Trinajstić information content (AvgIpc) is 2.97. The first kappa shape index (κ1) is 13.6. The smallest absolute Gasteiger partial charge is 0.250 e. The molecule has 2 heterocycles. The van der Waals surface area contributed by atoms with Gasteiger partial charge in [0.1, 0.15) is 5.78 Å². The van der Waals surface area contributed by atoms with E-state index >= 15 is 0 Å². The van der Waals surface area contributed by atoms with Crippen LogP contribution in [0.5, 0.6) is 0 Å². The summed E-state index contributed by atoms with van der Waals surface area (Å²) in [4.78, 5) is 27.6. The summed E-state index contributed by atoms with van der Waals surface area (Å²) >= 11 is 2.62. The maximum atomic E-state index is 11.6. The number of amides is 1. The Morgan fingerprint density at radius 3 is 3.00 bits per heavy atom. The highest BCUT2D eigenvalue weighted by molar-refractivity contribution is 7.11. The Hall–Kier alpha value is -1.86. The SMILES string of the molecule is CC(=O)Cc1nsc(NC(=O)C=Cc2cccs2)n1. The molecule has 7 heteroatoms. The van der Waals surface area contributed by atoms with Crippen molar-refractivity contribution in [2.45, 2.75) is 13.3 Å². The van der Waals surface area contributed by atoms with E-state index in [1.807, 2.05) is 17.5 Å². The molecule has 2 rings (SSSR count). The first-order valence-electron chi connectivity index (χ1n) is 5.48. The van der Waals surface area contributed by atoms with E-state index in [0.717, 1.165) is 16.4 Å².